The second kappa shape index (κ2) is 6.85. The summed E-state index contributed by atoms with van der Waals surface area (Å²) in [5.74, 6) is 0.340. The first-order valence-corrected chi connectivity index (χ1v) is 9.69. The van der Waals surface area contributed by atoms with E-state index in [0.29, 0.717) is 43.3 Å². The number of nitrogens with zero attached hydrogens (tertiary/aromatic N) is 5. The van der Waals surface area contributed by atoms with Gasteiger partial charge < -0.3 is 4.90 Å². The van der Waals surface area contributed by atoms with E-state index in [1.54, 1.807) is 30.3 Å². The van der Waals surface area contributed by atoms with E-state index in [1.807, 2.05) is 6.07 Å². The van der Waals surface area contributed by atoms with Crippen LogP contribution in [0, 0.1) is 6.92 Å². The maximum Gasteiger partial charge on any atom is 0.257 e. The van der Waals surface area contributed by atoms with E-state index in [-0.39, 0.29) is 5.91 Å². The second-order valence-electron chi connectivity index (χ2n) is 5.89. The Balaban J connectivity index is 1.75. The lowest BCUT2D eigenvalue weighted by molar-refractivity contribution is 0.0696. The quantitative estimate of drug-likeness (QED) is 0.793. The molecule has 0 bridgehead atoms. The van der Waals surface area contributed by atoms with Crippen molar-refractivity contribution in [3.05, 3.63) is 42.0 Å². The molecule has 0 saturated carbocycles. The molecule has 1 saturated heterocycles. The number of aromatic nitrogens is 3. The normalized spacial score (nSPS) is 16.0. The summed E-state index contributed by atoms with van der Waals surface area (Å²) in [5.41, 5.74) is 1.80. The van der Waals surface area contributed by atoms with Crippen molar-refractivity contribution >= 4 is 15.9 Å². The van der Waals surface area contributed by atoms with E-state index in [1.165, 1.54) is 16.8 Å². The third-order valence-corrected chi connectivity index (χ3v) is 5.43. The first-order valence-electron chi connectivity index (χ1n) is 7.84. The highest BCUT2D eigenvalue weighted by Crippen LogP contribution is 2.17. The summed E-state index contributed by atoms with van der Waals surface area (Å²) in [6.07, 6.45) is 6.04. The van der Waals surface area contributed by atoms with Gasteiger partial charge in [-0.2, -0.15) is 4.31 Å². The number of hydrogen-bond acceptors (Lipinski definition) is 6. The van der Waals surface area contributed by atoms with Crippen LogP contribution in [-0.2, 0) is 10.0 Å². The molecule has 2 aromatic rings. The van der Waals surface area contributed by atoms with Gasteiger partial charge in [0.05, 0.1) is 17.5 Å². The Bertz CT molecular complexity index is 878. The molecule has 0 radical (unpaired) electrons. The monoisotopic (exact) mass is 361 g/mol. The number of hydrogen-bond donors (Lipinski definition) is 0. The Morgan fingerprint density at radius 1 is 1.16 bits per heavy atom. The molecule has 8 nitrogen and oxygen atoms in total. The number of sulfonamides is 1. The molecule has 0 unspecified atom stereocenters. The van der Waals surface area contributed by atoms with Crippen molar-refractivity contribution in [1.29, 1.82) is 0 Å². The van der Waals surface area contributed by atoms with Gasteiger partial charge in [-0.25, -0.2) is 18.4 Å². The van der Waals surface area contributed by atoms with Crippen molar-refractivity contribution in [2.75, 3.05) is 32.4 Å². The van der Waals surface area contributed by atoms with Crippen LogP contribution in [0.25, 0.3) is 11.4 Å². The maximum atomic E-state index is 12.7. The van der Waals surface area contributed by atoms with Crippen molar-refractivity contribution < 1.29 is 13.2 Å². The van der Waals surface area contributed by atoms with Crippen LogP contribution in [0.15, 0.2) is 30.7 Å². The number of rotatable bonds is 3. The van der Waals surface area contributed by atoms with Gasteiger partial charge in [0.25, 0.3) is 5.91 Å². The summed E-state index contributed by atoms with van der Waals surface area (Å²) in [6.45, 7) is 3.09. The van der Waals surface area contributed by atoms with Crippen LogP contribution in [0.3, 0.4) is 0 Å². The standard InChI is InChI=1S/C16H19N5O3S/c1-12-14(11-18-15(19-12)13-4-3-5-17-10-13)16(22)20-6-8-21(9-7-20)25(2,23)24/h3-5,10-11H,6-9H2,1-2H3. The average Bonchev–Trinajstić information content (AvgIpc) is 2.61. The molecule has 9 heteroatoms. The van der Waals surface area contributed by atoms with Gasteiger partial charge in [-0.3, -0.25) is 9.78 Å². The molecule has 132 valence electrons. The summed E-state index contributed by atoms with van der Waals surface area (Å²) in [7, 11) is -3.22. The Kier molecular flexibility index (Phi) is 4.78. The average molecular weight is 361 g/mol. The van der Waals surface area contributed by atoms with E-state index in [0.717, 1.165) is 5.56 Å². The summed E-state index contributed by atoms with van der Waals surface area (Å²) < 4.78 is 24.5. The zero-order valence-electron chi connectivity index (χ0n) is 14.1. The molecule has 0 aromatic carbocycles. The first kappa shape index (κ1) is 17.4. The molecule has 3 heterocycles. The molecule has 3 rings (SSSR count). The van der Waals surface area contributed by atoms with Crippen molar-refractivity contribution in [3.8, 4) is 11.4 Å². The highest BCUT2D eigenvalue weighted by molar-refractivity contribution is 7.88. The van der Waals surface area contributed by atoms with Gasteiger partial charge in [0.15, 0.2) is 5.82 Å². The smallest absolute Gasteiger partial charge is 0.257 e. The summed E-state index contributed by atoms with van der Waals surface area (Å²) >= 11 is 0. The summed E-state index contributed by atoms with van der Waals surface area (Å²) in [4.78, 5) is 27.0. The van der Waals surface area contributed by atoms with Crippen LogP contribution in [-0.4, -0.2) is 70.9 Å². The van der Waals surface area contributed by atoms with Gasteiger partial charge in [-0.05, 0) is 19.1 Å². The maximum absolute atomic E-state index is 12.7. The van der Waals surface area contributed by atoms with Crippen LogP contribution in [0.5, 0.6) is 0 Å². The Morgan fingerprint density at radius 2 is 1.88 bits per heavy atom. The summed E-state index contributed by atoms with van der Waals surface area (Å²) in [5, 5.41) is 0. The molecular formula is C16H19N5O3S. The van der Waals surface area contributed by atoms with Crippen LogP contribution in [0.4, 0.5) is 0 Å². The molecule has 25 heavy (non-hydrogen) atoms. The fraction of sp³-hybridized carbons (Fsp3) is 0.375. The minimum absolute atomic E-state index is 0.177. The SMILES string of the molecule is Cc1nc(-c2cccnc2)ncc1C(=O)N1CCN(S(C)(=O)=O)CC1. The molecule has 0 aliphatic carbocycles. The van der Waals surface area contributed by atoms with Crippen LogP contribution in [0.1, 0.15) is 16.1 Å². The highest BCUT2D eigenvalue weighted by Gasteiger charge is 2.27. The third kappa shape index (κ3) is 3.83. The lowest BCUT2D eigenvalue weighted by atomic mass is 10.2. The number of piperazine rings is 1. The van der Waals surface area contributed by atoms with Crippen molar-refractivity contribution in [2.45, 2.75) is 6.92 Å². The molecule has 0 atom stereocenters. The van der Waals surface area contributed by atoms with Crippen molar-refractivity contribution in [2.24, 2.45) is 0 Å². The van der Waals surface area contributed by atoms with Gasteiger partial charge in [0.2, 0.25) is 10.0 Å². The van der Waals surface area contributed by atoms with E-state index >= 15 is 0 Å². The molecule has 1 aliphatic rings. The Labute approximate surface area is 146 Å². The number of carbonyl (C=O) groups excluding carboxylic acids is 1. The third-order valence-electron chi connectivity index (χ3n) is 4.12. The Hall–Kier alpha value is -2.39. The molecule has 1 fully saturated rings. The molecular weight excluding hydrogens is 342 g/mol. The predicted molar refractivity (Wildman–Crippen MR) is 92.3 cm³/mol. The molecule has 1 amide bonds. The minimum atomic E-state index is -3.22. The van der Waals surface area contributed by atoms with Gasteiger partial charge in [-0.1, -0.05) is 0 Å². The van der Waals surface area contributed by atoms with E-state index in [2.05, 4.69) is 15.0 Å². The topological polar surface area (TPSA) is 96.4 Å². The van der Waals surface area contributed by atoms with Crippen molar-refractivity contribution in [1.82, 2.24) is 24.2 Å². The van der Waals surface area contributed by atoms with Gasteiger partial charge in [0.1, 0.15) is 0 Å². The Morgan fingerprint density at radius 3 is 2.44 bits per heavy atom. The molecule has 1 aliphatic heterocycles. The zero-order chi connectivity index (χ0) is 18.0. The zero-order valence-corrected chi connectivity index (χ0v) is 14.9. The lowest BCUT2D eigenvalue weighted by Gasteiger charge is -2.33. The largest absolute Gasteiger partial charge is 0.336 e. The first-order chi connectivity index (χ1) is 11.9. The fourth-order valence-corrected chi connectivity index (χ4v) is 3.53. The fourth-order valence-electron chi connectivity index (χ4n) is 2.70. The molecule has 2 aromatic heterocycles. The minimum Gasteiger partial charge on any atom is -0.336 e. The van der Waals surface area contributed by atoms with Gasteiger partial charge in [-0.15, -0.1) is 0 Å². The van der Waals surface area contributed by atoms with E-state index < -0.39 is 10.0 Å². The van der Waals surface area contributed by atoms with Gasteiger partial charge >= 0.3 is 0 Å². The predicted octanol–water partition coefficient (Wildman–Crippen LogP) is 0.564. The lowest BCUT2D eigenvalue weighted by Crippen LogP contribution is -2.50. The number of aryl methyl sites for hydroxylation is 1. The number of carbonyl (C=O) groups is 1. The van der Waals surface area contributed by atoms with E-state index in [4.69, 9.17) is 0 Å². The molecule has 0 spiro atoms. The van der Waals surface area contributed by atoms with Crippen LogP contribution < -0.4 is 0 Å². The summed E-state index contributed by atoms with van der Waals surface area (Å²) in [6, 6.07) is 3.65. The second-order valence-corrected chi connectivity index (χ2v) is 7.87. The van der Waals surface area contributed by atoms with Crippen molar-refractivity contribution in [3.63, 3.8) is 0 Å². The van der Waals surface area contributed by atoms with Gasteiger partial charge in [0, 0.05) is 50.3 Å². The highest BCUT2D eigenvalue weighted by atomic mass is 32.2. The molecule has 0 N–H and O–H groups in total. The number of amides is 1. The van der Waals surface area contributed by atoms with Crippen LogP contribution >= 0.6 is 0 Å². The number of pyridine rings is 1. The van der Waals surface area contributed by atoms with E-state index in [9.17, 15) is 13.2 Å². The van der Waals surface area contributed by atoms with Crippen LogP contribution in [0.2, 0.25) is 0 Å².